The molecule has 0 bridgehead atoms. The SMILES string of the molecule is O=C(NCCC(=O)OCc1ccccc1Cl)Nc1ccccc1. The van der Waals surface area contributed by atoms with E-state index in [4.69, 9.17) is 16.3 Å². The van der Waals surface area contributed by atoms with E-state index in [-0.39, 0.29) is 25.6 Å². The maximum Gasteiger partial charge on any atom is 0.319 e. The van der Waals surface area contributed by atoms with Crippen LogP contribution in [0.4, 0.5) is 10.5 Å². The number of halogens is 1. The monoisotopic (exact) mass is 332 g/mol. The van der Waals surface area contributed by atoms with Crippen molar-refractivity contribution in [2.24, 2.45) is 0 Å². The summed E-state index contributed by atoms with van der Waals surface area (Å²) in [5, 5.41) is 5.81. The van der Waals surface area contributed by atoms with Gasteiger partial charge in [0.15, 0.2) is 0 Å². The Morgan fingerprint density at radius 1 is 1.00 bits per heavy atom. The second-order valence-electron chi connectivity index (χ2n) is 4.75. The fourth-order valence-corrected chi connectivity index (χ4v) is 2.01. The molecule has 0 aliphatic rings. The normalized spacial score (nSPS) is 9.96. The quantitative estimate of drug-likeness (QED) is 0.794. The summed E-state index contributed by atoms with van der Waals surface area (Å²) in [6.07, 6.45) is 0.0899. The highest BCUT2D eigenvalue weighted by atomic mass is 35.5. The van der Waals surface area contributed by atoms with Crippen molar-refractivity contribution in [1.82, 2.24) is 5.32 Å². The van der Waals surface area contributed by atoms with Gasteiger partial charge in [0, 0.05) is 22.8 Å². The van der Waals surface area contributed by atoms with Crippen LogP contribution >= 0.6 is 11.6 Å². The topological polar surface area (TPSA) is 67.4 Å². The Balaban J connectivity index is 1.65. The Kier molecular flexibility index (Phi) is 6.44. The fraction of sp³-hybridized carbons (Fsp3) is 0.176. The van der Waals surface area contributed by atoms with E-state index >= 15 is 0 Å². The van der Waals surface area contributed by atoms with Crippen molar-refractivity contribution in [3.63, 3.8) is 0 Å². The minimum absolute atomic E-state index is 0.0899. The molecule has 2 rings (SSSR count). The van der Waals surface area contributed by atoms with Crippen molar-refractivity contribution in [2.75, 3.05) is 11.9 Å². The predicted octanol–water partition coefficient (Wildman–Crippen LogP) is 3.60. The summed E-state index contributed by atoms with van der Waals surface area (Å²) in [7, 11) is 0. The number of benzene rings is 2. The smallest absolute Gasteiger partial charge is 0.319 e. The number of amides is 2. The van der Waals surface area contributed by atoms with E-state index in [9.17, 15) is 9.59 Å². The van der Waals surface area contributed by atoms with Crippen molar-refractivity contribution < 1.29 is 14.3 Å². The zero-order chi connectivity index (χ0) is 16.5. The molecule has 0 saturated carbocycles. The molecule has 0 aliphatic heterocycles. The predicted molar refractivity (Wildman–Crippen MR) is 89.3 cm³/mol. The van der Waals surface area contributed by atoms with Crippen LogP contribution in [-0.2, 0) is 16.1 Å². The number of rotatable bonds is 6. The second-order valence-corrected chi connectivity index (χ2v) is 5.16. The van der Waals surface area contributed by atoms with Gasteiger partial charge in [0.2, 0.25) is 0 Å². The number of esters is 1. The van der Waals surface area contributed by atoms with E-state index in [0.717, 1.165) is 5.56 Å². The van der Waals surface area contributed by atoms with Gasteiger partial charge in [0.05, 0.1) is 6.42 Å². The van der Waals surface area contributed by atoms with Crippen molar-refractivity contribution in [1.29, 1.82) is 0 Å². The van der Waals surface area contributed by atoms with Crippen LogP contribution in [0.1, 0.15) is 12.0 Å². The van der Waals surface area contributed by atoms with E-state index in [0.29, 0.717) is 10.7 Å². The Bertz CT molecular complexity index is 662. The minimum Gasteiger partial charge on any atom is -0.461 e. The van der Waals surface area contributed by atoms with E-state index in [2.05, 4.69) is 10.6 Å². The average molecular weight is 333 g/mol. The summed E-state index contributed by atoms with van der Waals surface area (Å²) in [5.74, 6) is -0.398. The summed E-state index contributed by atoms with van der Waals surface area (Å²) >= 11 is 5.97. The highest BCUT2D eigenvalue weighted by Crippen LogP contribution is 2.15. The lowest BCUT2D eigenvalue weighted by molar-refractivity contribution is -0.144. The highest BCUT2D eigenvalue weighted by Gasteiger charge is 2.07. The third kappa shape index (κ3) is 6.00. The number of anilines is 1. The molecule has 0 radical (unpaired) electrons. The van der Waals surface area contributed by atoms with Crippen molar-refractivity contribution >= 4 is 29.3 Å². The molecule has 2 N–H and O–H groups in total. The molecule has 0 saturated heterocycles. The first-order valence-corrected chi connectivity index (χ1v) is 7.52. The maximum absolute atomic E-state index is 11.6. The van der Waals surface area contributed by atoms with Gasteiger partial charge in [0.25, 0.3) is 0 Å². The van der Waals surface area contributed by atoms with Gasteiger partial charge >= 0.3 is 12.0 Å². The number of urea groups is 1. The van der Waals surface area contributed by atoms with Crippen LogP contribution in [0.25, 0.3) is 0 Å². The van der Waals surface area contributed by atoms with Crippen molar-refractivity contribution in [3.05, 3.63) is 65.2 Å². The third-order valence-electron chi connectivity index (χ3n) is 2.99. The van der Waals surface area contributed by atoms with Crippen LogP contribution in [0.3, 0.4) is 0 Å². The van der Waals surface area contributed by atoms with Crippen molar-refractivity contribution in [3.8, 4) is 0 Å². The summed E-state index contributed by atoms with van der Waals surface area (Å²) in [6, 6.07) is 15.8. The summed E-state index contributed by atoms with van der Waals surface area (Å²) < 4.78 is 5.11. The first-order valence-electron chi connectivity index (χ1n) is 7.14. The molecule has 2 aromatic carbocycles. The van der Waals surface area contributed by atoms with E-state index < -0.39 is 5.97 Å². The number of para-hydroxylation sites is 1. The molecule has 2 aromatic rings. The average Bonchev–Trinajstić information content (AvgIpc) is 2.55. The highest BCUT2D eigenvalue weighted by molar-refractivity contribution is 6.31. The van der Waals surface area contributed by atoms with Crippen molar-refractivity contribution in [2.45, 2.75) is 13.0 Å². The summed E-state index contributed by atoms with van der Waals surface area (Å²) in [6.45, 7) is 0.314. The molecular weight excluding hydrogens is 316 g/mol. The molecule has 0 unspecified atom stereocenters. The standard InChI is InChI=1S/C17H17ClN2O3/c18-15-9-5-4-6-13(15)12-23-16(21)10-11-19-17(22)20-14-7-2-1-3-8-14/h1-9H,10-12H2,(H2,19,20,22). The van der Waals surface area contributed by atoms with Crippen LogP contribution in [0, 0.1) is 0 Å². The third-order valence-corrected chi connectivity index (χ3v) is 3.36. The first kappa shape index (κ1) is 16.8. The molecule has 0 atom stereocenters. The lowest BCUT2D eigenvalue weighted by Gasteiger charge is -2.08. The van der Waals surface area contributed by atoms with Crippen LogP contribution in [-0.4, -0.2) is 18.5 Å². The first-order chi connectivity index (χ1) is 11.1. The number of nitrogens with one attached hydrogen (secondary N) is 2. The van der Waals surface area contributed by atoms with E-state index in [1.54, 1.807) is 24.3 Å². The van der Waals surface area contributed by atoms with E-state index in [1.807, 2.05) is 30.3 Å². The Morgan fingerprint density at radius 2 is 1.70 bits per heavy atom. The zero-order valence-corrected chi connectivity index (χ0v) is 13.2. The number of hydrogen-bond acceptors (Lipinski definition) is 3. The molecular formula is C17H17ClN2O3. The molecule has 0 spiro atoms. The van der Waals surface area contributed by atoms with Gasteiger partial charge in [-0.15, -0.1) is 0 Å². The number of carbonyl (C=O) groups is 2. The molecule has 0 fully saturated rings. The number of hydrogen-bond donors (Lipinski definition) is 2. The molecule has 23 heavy (non-hydrogen) atoms. The Hall–Kier alpha value is -2.53. The van der Waals surface area contributed by atoms with Gasteiger partial charge in [0.1, 0.15) is 6.61 Å². The number of ether oxygens (including phenoxy) is 1. The molecule has 120 valence electrons. The molecule has 0 aliphatic carbocycles. The van der Waals surface area contributed by atoms with Gasteiger partial charge in [-0.25, -0.2) is 4.79 Å². The molecule has 5 nitrogen and oxygen atoms in total. The largest absolute Gasteiger partial charge is 0.461 e. The lowest BCUT2D eigenvalue weighted by Crippen LogP contribution is -2.30. The van der Waals surface area contributed by atoms with Gasteiger partial charge in [-0.05, 0) is 18.2 Å². The fourth-order valence-electron chi connectivity index (χ4n) is 1.82. The van der Waals surface area contributed by atoms with Crippen LogP contribution < -0.4 is 10.6 Å². The van der Waals surface area contributed by atoms with Crippen LogP contribution in [0.5, 0.6) is 0 Å². The molecule has 0 aromatic heterocycles. The Morgan fingerprint density at radius 3 is 2.43 bits per heavy atom. The van der Waals surface area contributed by atoms with Crippen LogP contribution in [0.2, 0.25) is 5.02 Å². The van der Waals surface area contributed by atoms with Gasteiger partial charge in [-0.1, -0.05) is 48.0 Å². The zero-order valence-electron chi connectivity index (χ0n) is 12.4. The Labute approximate surface area is 139 Å². The van der Waals surface area contributed by atoms with Gasteiger partial charge in [-0.2, -0.15) is 0 Å². The number of carbonyl (C=O) groups excluding carboxylic acids is 2. The van der Waals surface area contributed by atoms with Gasteiger partial charge < -0.3 is 15.4 Å². The van der Waals surface area contributed by atoms with Gasteiger partial charge in [-0.3, -0.25) is 4.79 Å². The summed E-state index contributed by atoms with van der Waals surface area (Å²) in [5.41, 5.74) is 1.43. The summed E-state index contributed by atoms with van der Waals surface area (Å²) in [4.78, 5) is 23.3. The molecule has 0 heterocycles. The van der Waals surface area contributed by atoms with E-state index in [1.165, 1.54) is 0 Å². The maximum atomic E-state index is 11.6. The molecule has 2 amide bonds. The lowest BCUT2D eigenvalue weighted by atomic mass is 10.2. The minimum atomic E-state index is -0.398. The second kappa shape index (κ2) is 8.80. The molecule has 6 heteroatoms. The van der Waals surface area contributed by atoms with Crippen LogP contribution in [0.15, 0.2) is 54.6 Å².